The van der Waals surface area contributed by atoms with Crippen molar-refractivity contribution in [3.05, 3.63) is 23.8 Å². The van der Waals surface area contributed by atoms with Crippen molar-refractivity contribution >= 4 is 16.1 Å². The van der Waals surface area contributed by atoms with Crippen LogP contribution in [0.25, 0.3) is 0 Å². The van der Waals surface area contributed by atoms with E-state index in [1.165, 1.54) is 7.11 Å². The highest BCUT2D eigenvalue weighted by atomic mass is 32.2. The van der Waals surface area contributed by atoms with Crippen LogP contribution in [0.2, 0.25) is 0 Å². The van der Waals surface area contributed by atoms with Crippen molar-refractivity contribution in [2.24, 2.45) is 0 Å². The van der Waals surface area contributed by atoms with E-state index in [0.29, 0.717) is 12.3 Å². The predicted molar refractivity (Wildman–Crippen MR) is 107 cm³/mol. The quantitative estimate of drug-likeness (QED) is 0.641. The first-order chi connectivity index (χ1) is 12.5. The van der Waals surface area contributed by atoms with Crippen LogP contribution in [0.1, 0.15) is 53.5 Å². The van der Waals surface area contributed by atoms with Crippen LogP contribution in [-0.2, 0) is 16.7 Å². The highest BCUT2D eigenvalue weighted by Crippen LogP contribution is 2.31. The van der Waals surface area contributed by atoms with Gasteiger partial charge in [-0.05, 0) is 58.7 Å². The molecule has 7 nitrogen and oxygen atoms in total. The SMILES string of the molecule is CC[C@@H](C)N(Cc1ccc(OC)c(OS(=O)(=O)C(C)C)c1)C(=O)NC(C)C. The van der Waals surface area contributed by atoms with Crippen LogP contribution in [0.5, 0.6) is 11.5 Å². The summed E-state index contributed by atoms with van der Waals surface area (Å²) in [5.41, 5.74) is 0.754. The first kappa shape index (κ1) is 23.1. The van der Waals surface area contributed by atoms with Crippen molar-refractivity contribution in [2.75, 3.05) is 7.11 Å². The van der Waals surface area contributed by atoms with Gasteiger partial charge in [-0.25, -0.2) is 4.79 Å². The number of hydrogen-bond donors (Lipinski definition) is 1. The molecule has 1 aromatic carbocycles. The van der Waals surface area contributed by atoms with Crippen molar-refractivity contribution in [2.45, 2.75) is 71.8 Å². The van der Waals surface area contributed by atoms with Gasteiger partial charge in [-0.15, -0.1) is 0 Å². The zero-order valence-corrected chi connectivity index (χ0v) is 18.1. The van der Waals surface area contributed by atoms with E-state index in [9.17, 15) is 13.2 Å². The molecule has 1 atom stereocenters. The summed E-state index contributed by atoms with van der Waals surface area (Å²) in [6.45, 7) is 11.2. The zero-order valence-electron chi connectivity index (χ0n) is 17.3. The van der Waals surface area contributed by atoms with Crippen LogP contribution in [-0.4, -0.2) is 43.8 Å². The lowest BCUT2D eigenvalue weighted by Crippen LogP contribution is -2.46. The molecule has 0 aliphatic heterocycles. The Morgan fingerprint density at radius 2 is 1.78 bits per heavy atom. The number of ether oxygens (including phenoxy) is 1. The second kappa shape index (κ2) is 9.82. The normalized spacial score (nSPS) is 12.8. The van der Waals surface area contributed by atoms with Crippen molar-refractivity contribution in [1.82, 2.24) is 10.2 Å². The summed E-state index contributed by atoms with van der Waals surface area (Å²) >= 11 is 0. The largest absolute Gasteiger partial charge is 0.493 e. The van der Waals surface area contributed by atoms with Crippen LogP contribution in [0.3, 0.4) is 0 Å². The molecule has 0 heterocycles. The van der Waals surface area contributed by atoms with Gasteiger partial charge in [0.1, 0.15) is 0 Å². The Bertz CT molecular complexity index is 732. The third-order valence-electron chi connectivity index (χ3n) is 4.16. The van der Waals surface area contributed by atoms with E-state index in [0.717, 1.165) is 12.0 Å². The molecule has 1 N–H and O–H groups in total. The average Bonchev–Trinajstić information content (AvgIpc) is 2.58. The van der Waals surface area contributed by atoms with E-state index in [1.807, 2.05) is 27.7 Å². The van der Waals surface area contributed by atoms with Crippen LogP contribution >= 0.6 is 0 Å². The number of carbonyl (C=O) groups is 1. The molecular weight excluding hydrogens is 368 g/mol. The molecule has 0 aliphatic rings. The van der Waals surface area contributed by atoms with Gasteiger partial charge in [0.15, 0.2) is 11.5 Å². The number of urea groups is 1. The van der Waals surface area contributed by atoms with Gasteiger partial charge in [0.25, 0.3) is 0 Å². The van der Waals surface area contributed by atoms with Gasteiger partial charge in [0, 0.05) is 18.6 Å². The van der Waals surface area contributed by atoms with E-state index in [-0.39, 0.29) is 23.9 Å². The Hall–Kier alpha value is -1.96. The van der Waals surface area contributed by atoms with E-state index < -0.39 is 15.4 Å². The molecule has 8 heteroatoms. The average molecular weight is 401 g/mol. The van der Waals surface area contributed by atoms with Gasteiger partial charge >= 0.3 is 16.1 Å². The summed E-state index contributed by atoms with van der Waals surface area (Å²) in [4.78, 5) is 14.3. The Kier molecular flexibility index (Phi) is 8.40. The van der Waals surface area contributed by atoms with E-state index >= 15 is 0 Å². The molecule has 154 valence electrons. The minimum atomic E-state index is -3.76. The van der Waals surface area contributed by atoms with Crippen molar-refractivity contribution in [3.63, 3.8) is 0 Å². The molecule has 0 saturated heterocycles. The van der Waals surface area contributed by atoms with E-state index in [4.69, 9.17) is 8.92 Å². The molecule has 0 fully saturated rings. The number of carbonyl (C=O) groups excluding carboxylic acids is 1. The highest BCUT2D eigenvalue weighted by Gasteiger charge is 2.23. The summed E-state index contributed by atoms with van der Waals surface area (Å²) in [5.74, 6) is 0.446. The fourth-order valence-corrected chi connectivity index (χ4v) is 2.85. The standard InChI is InChI=1S/C19H32N2O5S/c1-8-15(6)21(19(22)20-13(2)3)12-16-9-10-17(25-7)18(11-16)26-27(23,24)14(4)5/h9-11,13-15H,8,12H2,1-7H3,(H,20,22)/t15-/m1/s1. The monoisotopic (exact) mass is 400 g/mol. The number of methoxy groups -OCH3 is 1. The third kappa shape index (κ3) is 6.61. The Labute approximate surface area is 163 Å². The van der Waals surface area contributed by atoms with Gasteiger partial charge in [-0.1, -0.05) is 13.0 Å². The smallest absolute Gasteiger partial charge is 0.318 e. The van der Waals surface area contributed by atoms with Gasteiger partial charge in [0.2, 0.25) is 0 Å². The van der Waals surface area contributed by atoms with Gasteiger partial charge in [-0.2, -0.15) is 8.42 Å². The molecule has 2 amide bonds. The van der Waals surface area contributed by atoms with Crippen LogP contribution < -0.4 is 14.2 Å². The third-order valence-corrected chi connectivity index (χ3v) is 5.73. The number of nitrogens with zero attached hydrogens (tertiary/aromatic N) is 1. The van der Waals surface area contributed by atoms with Crippen LogP contribution in [0.15, 0.2) is 18.2 Å². The maximum absolute atomic E-state index is 12.5. The first-order valence-corrected chi connectivity index (χ1v) is 10.7. The lowest BCUT2D eigenvalue weighted by atomic mass is 10.1. The molecule has 0 aliphatic carbocycles. The number of benzene rings is 1. The molecule has 0 bridgehead atoms. The topological polar surface area (TPSA) is 84.9 Å². The molecule has 0 unspecified atom stereocenters. The van der Waals surface area contributed by atoms with E-state index in [1.54, 1.807) is 36.9 Å². The molecule has 0 radical (unpaired) electrons. The van der Waals surface area contributed by atoms with Crippen molar-refractivity contribution in [3.8, 4) is 11.5 Å². The van der Waals surface area contributed by atoms with E-state index in [2.05, 4.69) is 5.32 Å². The first-order valence-electron chi connectivity index (χ1n) is 9.19. The molecule has 1 rings (SSSR count). The Morgan fingerprint density at radius 3 is 2.26 bits per heavy atom. The lowest BCUT2D eigenvalue weighted by Gasteiger charge is -2.30. The summed E-state index contributed by atoms with van der Waals surface area (Å²) < 4.78 is 34.7. The molecular formula is C19H32N2O5S. The fraction of sp³-hybridized carbons (Fsp3) is 0.632. The van der Waals surface area contributed by atoms with Crippen molar-refractivity contribution in [1.29, 1.82) is 0 Å². The molecule has 1 aromatic rings. The molecule has 0 saturated carbocycles. The molecule has 27 heavy (non-hydrogen) atoms. The summed E-state index contributed by atoms with van der Waals surface area (Å²) in [7, 11) is -2.31. The van der Waals surface area contributed by atoms with Gasteiger partial charge in [0.05, 0.1) is 12.4 Å². The maximum Gasteiger partial charge on any atom is 0.318 e. The number of nitrogens with one attached hydrogen (secondary N) is 1. The molecule has 0 spiro atoms. The fourth-order valence-electron chi connectivity index (χ4n) is 2.28. The minimum absolute atomic E-state index is 0.0228. The second-order valence-corrected chi connectivity index (χ2v) is 9.19. The van der Waals surface area contributed by atoms with Gasteiger partial charge < -0.3 is 19.1 Å². The van der Waals surface area contributed by atoms with Gasteiger partial charge in [-0.3, -0.25) is 0 Å². The maximum atomic E-state index is 12.5. The molecule has 0 aromatic heterocycles. The number of rotatable bonds is 9. The minimum Gasteiger partial charge on any atom is -0.493 e. The van der Waals surface area contributed by atoms with Crippen LogP contribution in [0.4, 0.5) is 4.79 Å². The summed E-state index contributed by atoms with van der Waals surface area (Å²) in [5, 5.41) is 2.22. The van der Waals surface area contributed by atoms with Crippen LogP contribution in [0, 0.1) is 0 Å². The Morgan fingerprint density at radius 1 is 1.15 bits per heavy atom. The summed E-state index contributed by atoms with van der Waals surface area (Å²) in [6, 6.07) is 4.94. The summed E-state index contributed by atoms with van der Waals surface area (Å²) in [6.07, 6.45) is 0.798. The Balaban J connectivity index is 3.17. The van der Waals surface area contributed by atoms with Crippen molar-refractivity contribution < 1.29 is 22.1 Å². The second-order valence-electron chi connectivity index (χ2n) is 7.10. The predicted octanol–water partition coefficient (Wildman–Crippen LogP) is 3.53. The zero-order chi connectivity index (χ0) is 20.8. The number of hydrogen-bond acceptors (Lipinski definition) is 5. The lowest BCUT2D eigenvalue weighted by molar-refractivity contribution is 0.171. The highest BCUT2D eigenvalue weighted by molar-refractivity contribution is 7.87. The number of amides is 2.